The maximum Gasteiger partial charge on any atom is 0.303 e. The molecule has 6 heteroatoms. The van der Waals surface area contributed by atoms with Crippen molar-refractivity contribution in [2.75, 3.05) is 14.1 Å². The van der Waals surface area contributed by atoms with Crippen LogP contribution < -0.4 is 4.72 Å². The van der Waals surface area contributed by atoms with Gasteiger partial charge in [-0.3, -0.25) is 4.79 Å². The molecule has 1 fully saturated rings. The number of amides is 1. The minimum atomic E-state index is -3.63. The molecule has 0 aromatic rings. The van der Waals surface area contributed by atoms with Gasteiger partial charge in [0, 0.05) is 20.0 Å². The highest BCUT2D eigenvalue weighted by molar-refractivity contribution is 7.87. The van der Waals surface area contributed by atoms with E-state index in [4.69, 9.17) is 0 Å². The van der Waals surface area contributed by atoms with Crippen molar-refractivity contribution >= 4 is 16.1 Å². The van der Waals surface area contributed by atoms with Crippen molar-refractivity contribution in [3.8, 4) is 0 Å². The van der Waals surface area contributed by atoms with E-state index >= 15 is 0 Å². The maximum absolute atomic E-state index is 11.9. The van der Waals surface area contributed by atoms with E-state index in [-0.39, 0.29) is 11.8 Å². The molecule has 0 aromatic heterocycles. The van der Waals surface area contributed by atoms with Gasteiger partial charge >= 0.3 is 10.2 Å². The molecule has 0 unspecified atom stereocenters. The van der Waals surface area contributed by atoms with Gasteiger partial charge in [0.25, 0.3) is 0 Å². The van der Waals surface area contributed by atoms with Crippen LogP contribution in [0.5, 0.6) is 0 Å². The van der Waals surface area contributed by atoms with Gasteiger partial charge in [0.05, 0.1) is 0 Å². The van der Waals surface area contributed by atoms with Gasteiger partial charge in [0.15, 0.2) is 0 Å². The summed E-state index contributed by atoms with van der Waals surface area (Å²) in [5, 5.41) is 0. The molecule has 0 bridgehead atoms. The highest BCUT2D eigenvalue weighted by Crippen LogP contribution is 2.42. The second-order valence-corrected chi connectivity index (χ2v) is 8.50. The summed E-state index contributed by atoms with van der Waals surface area (Å²) in [6.45, 7) is 2.23. The second-order valence-electron chi connectivity index (χ2n) is 6.62. The van der Waals surface area contributed by atoms with Crippen LogP contribution in [-0.2, 0) is 15.0 Å². The number of nitrogens with one attached hydrogen (secondary N) is 1. The van der Waals surface area contributed by atoms with Crippen LogP contribution in [0.1, 0.15) is 71.1 Å². The monoisotopic (exact) mass is 332 g/mol. The SMILES string of the molecule is CCCCCCCCCC[C@@H]1C[C@@H]1C(=O)NS(=O)(=O)N(C)C. The fourth-order valence-electron chi connectivity index (χ4n) is 2.72. The normalized spacial score (nSPS) is 21.1. The lowest BCUT2D eigenvalue weighted by atomic mass is 10.1. The van der Waals surface area contributed by atoms with E-state index in [0.717, 1.165) is 23.6 Å². The number of hydrogen-bond donors (Lipinski definition) is 1. The highest BCUT2D eigenvalue weighted by Gasteiger charge is 2.43. The highest BCUT2D eigenvalue weighted by atomic mass is 32.2. The Bertz CT molecular complexity index is 435. The molecule has 0 aromatic carbocycles. The Morgan fingerprint density at radius 2 is 1.59 bits per heavy atom. The second kappa shape index (κ2) is 9.50. The van der Waals surface area contributed by atoms with E-state index in [1.165, 1.54) is 59.0 Å². The first kappa shape index (κ1) is 19.4. The van der Waals surface area contributed by atoms with Crippen LogP contribution in [-0.4, -0.2) is 32.7 Å². The average Bonchev–Trinajstić information content (AvgIpc) is 3.21. The quantitative estimate of drug-likeness (QED) is 0.559. The standard InChI is InChI=1S/C16H32N2O3S/c1-4-5-6-7-8-9-10-11-12-14-13-15(14)16(19)17-22(20,21)18(2)3/h14-15H,4-13H2,1-3H3,(H,17,19)/t14-,15+/m1/s1. The third kappa shape index (κ3) is 7.09. The molecule has 1 N–H and O–H groups in total. The fourth-order valence-corrected chi connectivity index (χ4v) is 3.31. The van der Waals surface area contributed by atoms with Crippen molar-refractivity contribution in [3.63, 3.8) is 0 Å². The summed E-state index contributed by atoms with van der Waals surface area (Å²) in [5.74, 6) is -0.0463. The summed E-state index contributed by atoms with van der Waals surface area (Å²) in [6.07, 6.45) is 12.2. The van der Waals surface area contributed by atoms with Crippen molar-refractivity contribution in [1.29, 1.82) is 0 Å². The first-order valence-electron chi connectivity index (χ1n) is 8.62. The van der Waals surface area contributed by atoms with Crippen LogP contribution >= 0.6 is 0 Å². The topological polar surface area (TPSA) is 66.5 Å². The number of nitrogens with zero attached hydrogens (tertiary/aromatic N) is 1. The lowest BCUT2D eigenvalue weighted by molar-refractivity contribution is -0.120. The minimum absolute atomic E-state index is 0.0979. The first-order valence-corrected chi connectivity index (χ1v) is 10.1. The molecule has 0 radical (unpaired) electrons. The van der Waals surface area contributed by atoms with Crippen molar-refractivity contribution < 1.29 is 13.2 Å². The molecule has 0 spiro atoms. The van der Waals surface area contributed by atoms with Crippen molar-refractivity contribution in [1.82, 2.24) is 9.03 Å². The van der Waals surface area contributed by atoms with Crippen LogP contribution in [0.3, 0.4) is 0 Å². The van der Waals surface area contributed by atoms with Gasteiger partial charge in [-0.2, -0.15) is 12.7 Å². The summed E-state index contributed by atoms with van der Waals surface area (Å²) in [6, 6.07) is 0. The number of carbonyl (C=O) groups is 1. The summed E-state index contributed by atoms with van der Waals surface area (Å²) in [5.41, 5.74) is 0. The molecule has 1 aliphatic carbocycles. The van der Waals surface area contributed by atoms with E-state index in [9.17, 15) is 13.2 Å². The van der Waals surface area contributed by atoms with Crippen molar-refractivity contribution in [3.05, 3.63) is 0 Å². The molecule has 2 atom stereocenters. The average molecular weight is 333 g/mol. The van der Waals surface area contributed by atoms with Gasteiger partial charge in [-0.15, -0.1) is 0 Å². The van der Waals surface area contributed by atoms with Crippen LogP contribution in [0.2, 0.25) is 0 Å². The van der Waals surface area contributed by atoms with Gasteiger partial charge in [-0.25, -0.2) is 4.72 Å². The van der Waals surface area contributed by atoms with Gasteiger partial charge in [-0.05, 0) is 18.8 Å². The lowest BCUT2D eigenvalue weighted by Gasteiger charge is -2.12. The predicted octanol–water partition coefficient (Wildman–Crippen LogP) is 3.08. The van der Waals surface area contributed by atoms with Crippen molar-refractivity contribution in [2.45, 2.75) is 71.1 Å². The smallest absolute Gasteiger partial charge is 0.274 e. The van der Waals surface area contributed by atoms with E-state index in [2.05, 4.69) is 11.6 Å². The third-order valence-electron chi connectivity index (χ3n) is 4.40. The summed E-state index contributed by atoms with van der Waals surface area (Å²) < 4.78 is 26.3. The van der Waals surface area contributed by atoms with Crippen LogP contribution in [0, 0.1) is 11.8 Å². The van der Waals surface area contributed by atoms with Gasteiger partial charge < -0.3 is 0 Å². The Morgan fingerprint density at radius 1 is 1.05 bits per heavy atom. The van der Waals surface area contributed by atoms with E-state index in [0.29, 0.717) is 5.92 Å². The summed E-state index contributed by atoms with van der Waals surface area (Å²) in [4.78, 5) is 11.9. The molecular formula is C16H32N2O3S. The van der Waals surface area contributed by atoms with Gasteiger partial charge in [0.2, 0.25) is 5.91 Å². The molecule has 1 rings (SSSR count). The van der Waals surface area contributed by atoms with Crippen LogP contribution in [0.15, 0.2) is 0 Å². The Labute approximate surface area is 136 Å². The van der Waals surface area contributed by atoms with Crippen LogP contribution in [0.4, 0.5) is 0 Å². The summed E-state index contributed by atoms with van der Waals surface area (Å²) >= 11 is 0. The zero-order valence-corrected chi connectivity index (χ0v) is 15.1. The first-order chi connectivity index (χ1) is 10.4. The molecule has 22 heavy (non-hydrogen) atoms. The number of hydrogen-bond acceptors (Lipinski definition) is 3. The minimum Gasteiger partial charge on any atom is -0.274 e. The van der Waals surface area contributed by atoms with Gasteiger partial charge in [0.1, 0.15) is 0 Å². The largest absolute Gasteiger partial charge is 0.303 e. The zero-order valence-electron chi connectivity index (χ0n) is 14.3. The molecule has 0 saturated heterocycles. The maximum atomic E-state index is 11.9. The summed E-state index contributed by atoms with van der Waals surface area (Å²) in [7, 11) is -0.798. The van der Waals surface area contributed by atoms with Crippen molar-refractivity contribution in [2.24, 2.45) is 11.8 Å². The number of rotatable bonds is 12. The zero-order chi connectivity index (χ0) is 16.6. The number of carbonyl (C=O) groups excluding carboxylic acids is 1. The predicted molar refractivity (Wildman–Crippen MR) is 89.6 cm³/mol. The molecule has 1 saturated carbocycles. The van der Waals surface area contributed by atoms with Crippen LogP contribution in [0.25, 0.3) is 0 Å². The molecule has 5 nitrogen and oxygen atoms in total. The molecule has 0 heterocycles. The Morgan fingerprint density at radius 3 is 2.14 bits per heavy atom. The van der Waals surface area contributed by atoms with E-state index < -0.39 is 10.2 Å². The fraction of sp³-hybridized carbons (Fsp3) is 0.938. The molecular weight excluding hydrogens is 300 g/mol. The lowest BCUT2D eigenvalue weighted by Crippen LogP contribution is -2.40. The number of unbranched alkanes of at least 4 members (excludes halogenated alkanes) is 7. The molecule has 130 valence electrons. The van der Waals surface area contributed by atoms with Gasteiger partial charge in [-0.1, -0.05) is 58.3 Å². The molecule has 0 aliphatic heterocycles. The van der Waals surface area contributed by atoms with E-state index in [1.807, 2.05) is 0 Å². The Balaban J connectivity index is 2.06. The third-order valence-corrected chi connectivity index (χ3v) is 5.82. The molecule has 1 amide bonds. The molecule has 1 aliphatic rings. The Hall–Kier alpha value is -0.620. The Kier molecular flexibility index (Phi) is 8.39. The van der Waals surface area contributed by atoms with E-state index in [1.54, 1.807) is 0 Å².